The molecule has 7 rings (SSSR count). The monoisotopic (exact) mass is 843 g/mol. The Kier molecular flexibility index (Phi) is 11.9. The van der Waals surface area contributed by atoms with Gasteiger partial charge in [0.1, 0.15) is 23.7 Å². The number of hydrogen-bond acceptors (Lipinski definition) is 9. The summed E-state index contributed by atoms with van der Waals surface area (Å²) in [5, 5.41) is 9.18. The van der Waals surface area contributed by atoms with Crippen molar-refractivity contribution in [1.29, 1.82) is 0 Å². The van der Waals surface area contributed by atoms with E-state index in [2.05, 4.69) is 57.9 Å². The third-order valence-corrected chi connectivity index (χ3v) is 17.6. The van der Waals surface area contributed by atoms with E-state index >= 15 is 4.79 Å². The minimum Gasteiger partial charge on any atom is -0.343 e. The first-order valence-corrected chi connectivity index (χ1v) is 23.7. The Hall–Kier alpha value is -3.08. The lowest BCUT2D eigenvalue weighted by atomic mass is 9.73. The van der Waals surface area contributed by atoms with Crippen LogP contribution in [-0.4, -0.2) is 140 Å². The van der Waals surface area contributed by atoms with Gasteiger partial charge in [0, 0.05) is 57.1 Å². The van der Waals surface area contributed by atoms with Crippen molar-refractivity contribution in [2.75, 3.05) is 59.4 Å². The van der Waals surface area contributed by atoms with E-state index < -0.39 is 62.9 Å². The minimum absolute atomic E-state index is 0.0176. The number of fused-ring (bicyclic) bond motifs is 1. The maximum atomic E-state index is 15.2. The average Bonchev–Trinajstić information content (AvgIpc) is 3.62. The van der Waals surface area contributed by atoms with Crippen molar-refractivity contribution in [3.05, 3.63) is 12.7 Å². The van der Waals surface area contributed by atoms with Gasteiger partial charge in [0.15, 0.2) is 0 Å². The molecule has 7 fully saturated rings. The topological polar surface area (TPSA) is 181 Å². The molecule has 0 aromatic carbocycles. The molecule has 4 saturated carbocycles. The molecule has 15 nitrogen and oxygen atoms in total. The molecular formula is C43H70N8O7S. The van der Waals surface area contributed by atoms with E-state index in [1.807, 2.05) is 20.8 Å². The first-order valence-electron chi connectivity index (χ1n) is 22.3. The molecule has 3 saturated heterocycles. The van der Waals surface area contributed by atoms with E-state index in [0.29, 0.717) is 38.9 Å². The Morgan fingerprint density at radius 1 is 0.847 bits per heavy atom. The number of amides is 5. The van der Waals surface area contributed by atoms with E-state index in [1.165, 1.54) is 4.31 Å². The highest BCUT2D eigenvalue weighted by atomic mass is 32.2. The molecule has 0 radical (unpaired) electrons. The Balaban J connectivity index is 1.13. The van der Waals surface area contributed by atoms with Crippen LogP contribution in [0.25, 0.3) is 0 Å². The number of hydrogen-bond donors (Lipinski definition) is 4. The van der Waals surface area contributed by atoms with E-state index in [-0.39, 0.29) is 46.9 Å². The Morgan fingerprint density at radius 2 is 1.49 bits per heavy atom. The molecule has 0 aromatic heterocycles. The number of rotatable bonds is 13. The van der Waals surface area contributed by atoms with Crippen LogP contribution in [0, 0.1) is 33.5 Å². The summed E-state index contributed by atoms with van der Waals surface area (Å²) >= 11 is 0. The lowest BCUT2D eigenvalue weighted by Gasteiger charge is -2.38. The molecule has 1 unspecified atom stereocenters. The van der Waals surface area contributed by atoms with Crippen molar-refractivity contribution < 1.29 is 32.4 Å². The van der Waals surface area contributed by atoms with Crippen LogP contribution in [-0.2, 0) is 34.2 Å². The van der Waals surface area contributed by atoms with Crippen LogP contribution in [0.2, 0.25) is 0 Å². The van der Waals surface area contributed by atoms with Crippen LogP contribution < -0.4 is 20.7 Å². The Bertz CT molecular complexity index is 1790. The quantitative estimate of drug-likeness (QED) is 0.202. The maximum absolute atomic E-state index is 15.2. The van der Waals surface area contributed by atoms with Gasteiger partial charge < -0.3 is 25.8 Å². The summed E-state index contributed by atoms with van der Waals surface area (Å²) in [7, 11) is -2.04. The second-order valence-electron chi connectivity index (χ2n) is 20.7. The highest BCUT2D eigenvalue weighted by Gasteiger charge is 2.85. The molecule has 5 amide bonds. The number of carbonyl (C=O) groups is 5. The maximum Gasteiger partial charge on any atom is 0.303 e. The van der Waals surface area contributed by atoms with Crippen LogP contribution in [0.15, 0.2) is 12.7 Å². The van der Waals surface area contributed by atoms with Crippen molar-refractivity contribution >= 4 is 39.7 Å². The van der Waals surface area contributed by atoms with Gasteiger partial charge >= 0.3 is 10.2 Å². The van der Waals surface area contributed by atoms with Gasteiger partial charge in [-0.3, -0.25) is 28.9 Å². The summed E-state index contributed by atoms with van der Waals surface area (Å²) < 4.78 is 29.8. The molecule has 6 atom stereocenters. The third kappa shape index (κ3) is 7.86. The Morgan fingerprint density at radius 3 is 2.03 bits per heavy atom. The van der Waals surface area contributed by atoms with E-state index in [4.69, 9.17) is 0 Å². The smallest absolute Gasteiger partial charge is 0.303 e. The first kappa shape index (κ1) is 44.0. The van der Waals surface area contributed by atoms with Gasteiger partial charge in [-0.25, -0.2) is 4.72 Å². The summed E-state index contributed by atoms with van der Waals surface area (Å²) in [6.07, 6.45) is 11.3. The molecule has 3 heterocycles. The lowest BCUT2D eigenvalue weighted by Crippen LogP contribution is -2.62. The summed E-state index contributed by atoms with van der Waals surface area (Å²) in [4.78, 5) is 77.9. The van der Waals surface area contributed by atoms with Crippen molar-refractivity contribution in [2.24, 2.45) is 33.5 Å². The summed E-state index contributed by atoms with van der Waals surface area (Å²) in [5.41, 5.74) is -2.78. The third-order valence-electron chi connectivity index (χ3n) is 16.2. The fraction of sp³-hybridized carbons (Fsp3) is 0.837. The minimum atomic E-state index is -4.11. The van der Waals surface area contributed by atoms with Crippen molar-refractivity contribution in [3.63, 3.8) is 0 Å². The van der Waals surface area contributed by atoms with Crippen LogP contribution in [0.1, 0.15) is 112 Å². The highest BCUT2D eigenvalue weighted by Crippen LogP contribution is 2.88. The number of likely N-dealkylation sites (tertiary alicyclic amines) is 1. The first-order chi connectivity index (χ1) is 27.7. The fourth-order valence-electron chi connectivity index (χ4n) is 11.9. The molecule has 4 aliphatic carbocycles. The molecule has 16 heteroatoms. The molecular weight excluding hydrogens is 773 g/mol. The predicted octanol–water partition coefficient (Wildman–Crippen LogP) is 2.14. The van der Waals surface area contributed by atoms with Crippen LogP contribution in [0.3, 0.4) is 0 Å². The van der Waals surface area contributed by atoms with Crippen LogP contribution in [0.5, 0.6) is 0 Å². The van der Waals surface area contributed by atoms with Crippen molar-refractivity contribution in [2.45, 2.75) is 135 Å². The van der Waals surface area contributed by atoms with Gasteiger partial charge in [0.2, 0.25) is 23.6 Å². The summed E-state index contributed by atoms with van der Waals surface area (Å²) in [6.45, 7) is 18.5. The summed E-state index contributed by atoms with van der Waals surface area (Å²) in [6, 6.07) is -2.78. The molecule has 59 heavy (non-hydrogen) atoms. The number of nitrogens with one attached hydrogen (secondary N) is 4. The number of carbonyl (C=O) groups excluding carboxylic acids is 5. The molecule has 0 aromatic rings. The average molecular weight is 843 g/mol. The zero-order valence-electron chi connectivity index (χ0n) is 36.4. The molecule has 330 valence electrons. The van der Waals surface area contributed by atoms with Gasteiger partial charge in [0.05, 0.1) is 6.54 Å². The largest absolute Gasteiger partial charge is 0.343 e. The Labute approximate surface area is 351 Å². The van der Waals surface area contributed by atoms with Gasteiger partial charge in [0.25, 0.3) is 5.91 Å². The van der Waals surface area contributed by atoms with E-state index in [0.717, 1.165) is 77.5 Å². The van der Waals surface area contributed by atoms with Crippen molar-refractivity contribution in [1.82, 2.24) is 39.7 Å². The number of piperazine rings is 1. The molecule has 7 aliphatic rings. The van der Waals surface area contributed by atoms with E-state index in [1.54, 1.807) is 11.0 Å². The molecule has 3 aliphatic heterocycles. The zero-order valence-corrected chi connectivity index (χ0v) is 37.2. The van der Waals surface area contributed by atoms with E-state index in [9.17, 15) is 27.6 Å². The second-order valence-corrected chi connectivity index (χ2v) is 22.4. The second kappa shape index (κ2) is 16.0. The molecule has 0 bridgehead atoms. The highest BCUT2D eigenvalue weighted by molar-refractivity contribution is 7.87. The van der Waals surface area contributed by atoms with Gasteiger partial charge in [-0.15, -0.1) is 6.58 Å². The normalized spacial score (nSPS) is 31.9. The van der Waals surface area contributed by atoms with Crippen LogP contribution >= 0.6 is 0 Å². The lowest BCUT2D eigenvalue weighted by molar-refractivity contribution is -0.145. The number of nitrogens with zero attached hydrogens (tertiary/aromatic N) is 4. The fourth-order valence-corrected chi connectivity index (χ4v) is 13.2. The zero-order chi connectivity index (χ0) is 42.8. The molecule has 4 N–H and O–H groups in total. The molecule has 2 spiro atoms. The summed E-state index contributed by atoms with van der Waals surface area (Å²) in [5.74, 6) is -2.85. The van der Waals surface area contributed by atoms with Crippen LogP contribution in [0.4, 0.5) is 0 Å². The van der Waals surface area contributed by atoms with Gasteiger partial charge in [-0.1, -0.05) is 66.4 Å². The number of likely N-dealkylation sites (N-methyl/N-ethyl adjacent to an activating group) is 1. The van der Waals surface area contributed by atoms with Crippen molar-refractivity contribution in [3.8, 4) is 0 Å². The van der Waals surface area contributed by atoms with Gasteiger partial charge in [-0.05, 0) is 80.6 Å². The standard InChI is InChI=1S/C43H70N8O7S/c1-8-30-25-43(30,38(56)47-59(57,58)50-19-12-13-20-50)46-35(53)31-26-42(40(5,6)41(42)17-14-18-41)28-51(31)37(55)34(39(2,3)4)45-36(54)33(29-15-10-9-11-16-29)44-32(52)27-49-23-21-48(7)22-24-49/h8,29-31,33-34H,1,9-28H2,2-7H3,(H,44,52)(H,45,54)(H,46,53)(H,47,56)/t30-,31+,33?,34-,42-,43-/m1/s1. The SMILES string of the molecule is C=C[C@@H]1C[C@]1(NC(=O)[C@@H]1C[C@@]2(CN1C(=O)[C@@H](NC(=O)C(NC(=O)CN1CCN(C)CC1)C1CCCCC1)C(C)(C)C)C(C)(C)C21CCC1)C(=O)NS(=O)(=O)N1CCCC1. The van der Waals surface area contributed by atoms with Gasteiger partial charge in [-0.2, -0.15) is 12.7 Å². The predicted molar refractivity (Wildman–Crippen MR) is 223 cm³/mol.